The van der Waals surface area contributed by atoms with E-state index in [0.717, 1.165) is 10.0 Å². The topological polar surface area (TPSA) is 29.5 Å². The molecule has 1 atom stereocenters. The fourth-order valence-corrected chi connectivity index (χ4v) is 2.50. The second kappa shape index (κ2) is 6.54. The van der Waals surface area contributed by atoms with Gasteiger partial charge in [-0.25, -0.2) is 8.78 Å². The number of rotatable bonds is 4. The molecule has 0 bridgehead atoms. The summed E-state index contributed by atoms with van der Waals surface area (Å²) in [6.07, 6.45) is -1.23. The van der Waals surface area contributed by atoms with Gasteiger partial charge in [0.05, 0.1) is 13.2 Å². The molecule has 112 valence electrons. The Balaban J connectivity index is 2.37. The first-order valence-corrected chi connectivity index (χ1v) is 7.18. The van der Waals surface area contributed by atoms with Crippen LogP contribution in [0.4, 0.5) is 8.78 Å². The standard InChI is InChI=1S/C16H15BrF2O2/c1-9-6-16(21-2)11(7-12(9)17)15(20)8-10-13(18)4-3-5-14(10)19/h3-7,15,20H,8H2,1-2H3. The zero-order chi connectivity index (χ0) is 15.6. The Kier molecular flexibility index (Phi) is 4.96. The van der Waals surface area contributed by atoms with Crippen LogP contribution in [-0.2, 0) is 6.42 Å². The van der Waals surface area contributed by atoms with Crippen molar-refractivity contribution >= 4 is 15.9 Å². The van der Waals surface area contributed by atoms with Crippen LogP contribution in [0.5, 0.6) is 5.75 Å². The molecular weight excluding hydrogens is 342 g/mol. The Morgan fingerprint density at radius 1 is 1.24 bits per heavy atom. The highest BCUT2D eigenvalue weighted by Gasteiger charge is 2.19. The number of halogens is 3. The molecule has 2 aromatic carbocycles. The summed E-state index contributed by atoms with van der Waals surface area (Å²) < 4.78 is 33.4. The van der Waals surface area contributed by atoms with Gasteiger partial charge in [0.2, 0.25) is 0 Å². The van der Waals surface area contributed by atoms with Crippen molar-refractivity contribution in [3.8, 4) is 5.75 Å². The van der Waals surface area contributed by atoms with E-state index in [4.69, 9.17) is 4.74 Å². The van der Waals surface area contributed by atoms with Crippen molar-refractivity contribution in [3.63, 3.8) is 0 Å². The molecule has 0 radical (unpaired) electrons. The predicted molar refractivity (Wildman–Crippen MR) is 80.5 cm³/mol. The average molecular weight is 357 g/mol. The van der Waals surface area contributed by atoms with Crippen LogP contribution in [0.2, 0.25) is 0 Å². The molecule has 1 unspecified atom stereocenters. The molecule has 0 saturated heterocycles. The van der Waals surface area contributed by atoms with Crippen LogP contribution in [-0.4, -0.2) is 12.2 Å². The van der Waals surface area contributed by atoms with Gasteiger partial charge >= 0.3 is 0 Å². The highest BCUT2D eigenvalue weighted by molar-refractivity contribution is 9.10. The number of aliphatic hydroxyl groups excluding tert-OH is 1. The quantitative estimate of drug-likeness (QED) is 0.883. The Morgan fingerprint density at radius 3 is 2.43 bits per heavy atom. The van der Waals surface area contributed by atoms with E-state index in [1.54, 1.807) is 12.1 Å². The molecule has 0 aromatic heterocycles. The number of hydrogen-bond donors (Lipinski definition) is 1. The summed E-state index contributed by atoms with van der Waals surface area (Å²) in [5.41, 5.74) is 1.29. The third-order valence-electron chi connectivity index (χ3n) is 3.33. The summed E-state index contributed by atoms with van der Waals surface area (Å²) in [4.78, 5) is 0. The van der Waals surface area contributed by atoms with E-state index in [2.05, 4.69) is 15.9 Å². The van der Waals surface area contributed by atoms with Crippen molar-refractivity contribution in [1.82, 2.24) is 0 Å². The zero-order valence-corrected chi connectivity index (χ0v) is 13.2. The minimum atomic E-state index is -1.07. The second-order valence-electron chi connectivity index (χ2n) is 4.76. The number of methoxy groups -OCH3 is 1. The lowest BCUT2D eigenvalue weighted by Gasteiger charge is -2.17. The minimum Gasteiger partial charge on any atom is -0.496 e. The number of benzene rings is 2. The first-order chi connectivity index (χ1) is 9.93. The molecule has 0 amide bonds. The maximum Gasteiger partial charge on any atom is 0.129 e. The molecule has 2 aromatic rings. The fourth-order valence-electron chi connectivity index (χ4n) is 2.14. The Labute approximate surface area is 130 Å². The lowest BCUT2D eigenvalue weighted by Crippen LogP contribution is -2.07. The van der Waals surface area contributed by atoms with Gasteiger partial charge in [-0.1, -0.05) is 22.0 Å². The number of ether oxygens (including phenoxy) is 1. The maximum absolute atomic E-state index is 13.7. The molecule has 5 heteroatoms. The van der Waals surface area contributed by atoms with Gasteiger partial charge < -0.3 is 9.84 Å². The van der Waals surface area contributed by atoms with E-state index in [-0.39, 0.29) is 12.0 Å². The van der Waals surface area contributed by atoms with Crippen LogP contribution in [0, 0.1) is 18.6 Å². The fraction of sp³-hybridized carbons (Fsp3) is 0.250. The van der Waals surface area contributed by atoms with Gasteiger partial charge in [-0.3, -0.25) is 0 Å². The van der Waals surface area contributed by atoms with Crippen LogP contribution < -0.4 is 4.74 Å². The second-order valence-corrected chi connectivity index (χ2v) is 5.62. The van der Waals surface area contributed by atoms with Gasteiger partial charge in [0.25, 0.3) is 0 Å². The van der Waals surface area contributed by atoms with Crippen molar-refractivity contribution in [1.29, 1.82) is 0 Å². The van der Waals surface area contributed by atoms with E-state index < -0.39 is 17.7 Å². The van der Waals surface area contributed by atoms with Gasteiger partial charge in [-0.05, 0) is 36.8 Å². The Bertz CT molecular complexity index is 639. The largest absolute Gasteiger partial charge is 0.496 e. The summed E-state index contributed by atoms with van der Waals surface area (Å²) >= 11 is 3.38. The van der Waals surface area contributed by atoms with Gasteiger partial charge in [0.1, 0.15) is 17.4 Å². The normalized spacial score (nSPS) is 12.3. The first kappa shape index (κ1) is 15.9. The van der Waals surface area contributed by atoms with E-state index in [1.165, 1.54) is 25.3 Å². The van der Waals surface area contributed by atoms with Crippen LogP contribution in [0.1, 0.15) is 22.8 Å². The Hall–Kier alpha value is -1.46. The molecule has 21 heavy (non-hydrogen) atoms. The van der Waals surface area contributed by atoms with Gasteiger partial charge in [-0.15, -0.1) is 0 Å². The molecule has 0 aliphatic carbocycles. The maximum atomic E-state index is 13.7. The smallest absolute Gasteiger partial charge is 0.129 e. The number of aryl methyl sites for hydroxylation is 1. The van der Waals surface area contributed by atoms with Crippen LogP contribution >= 0.6 is 15.9 Å². The van der Waals surface area contributed by atoms with Crippen LogP contribution in [0.3, 0.4) is 0 Å². The SMILES string of the molecule is COc1cc(C)c(Br)cc1C(O)Cc1c(F)cccc1F. The third-order valence-corrected chi connectivity index (χ3v) is 4.18. The molecule has 0 fully saturated rings. The van der Waals surface area contributed by atoms with Crippen LogP contribution in [0.15, 0.2) is 34.8 Å². The van der Waals surface area contributed by atoms with Crippen molar-refractivity contribution in [3.05, 3.63) is 63.1 Å². The summed E-state index contributed by atoms with van der Waals surface area (Å²) in [7, 11) is 1.49. The highest BCUT2D eigenvalue weighted by atomic mass is 79.9. The lowest BCUT2D eigenvalue weighted by atomic mass is 9.99. The molecule has 0 heterocycles. The molecule has 0 aliphatic rings. The summed E-state index contributed by atoms with van der Waals surface area (Å²) in [6.45, 7) is 1.89. The van der Waals surface area contributed by atoms with Crippen LogP contribution in [0.25, 0.3) is 0 Å². The minimum absolute atomic E-state index is 0.135. The summed E-state index contributed by atoms with van der Waals surface area (Å²) in [5.74, 6) is -0.849. The van der Waals surface area contributed by atoms with Gasteiger partial charge in [-0.2, -0.15) is 0 Å². The summed E-state index contributed by atoms with van der Waals surface area (Å²) in [6, 6.07) is 7.11. The van der Waals surface area contributed by atoms with Gasteiger partial charge in [0.15, 0.2) is 0 Å². The van der Waals surface area contributed by atoms with Crippen molar-refractivity contribution in [2.45, 2.75) is 19.4 Å². The lowest BCUT2D eigenvalue weighted by molar-refractivity contribution is 0.171. The van der Waals surface area contributed by atoms with Crippen molar-refractivity contribution < 1.29 is 18.6 Å². The van der Waals surface area contributed by atoms with E-state index in [9.17, 15) is 13.9 Å². The third kappa shape index (κ3) is 3.41. The van der Waals surface area contributed by atoms with Gasteiger partial charge in [0, 0.05) is 22.0 Å². The first-order valence-electron chi connectivity index (χ1n) is 6.39. The van der Waals surface area contributed by atoms with E-state index in [1.807, 2.05) is 6.92 Å². The molecule has 0 spiro atoms. The molecule has 2 nitrogen and oxygen atoms in total. The van der Waals surface area contributed by atoms with Crippen molar-refractivity contribution in [2.24, 2.45) is 0 Å². The highest BCUT2D eigenvalue weighted by Crippen LogP contribution is 2.33. The van der Waals surface area contributed by atoms with E-state index in [0.29, 0.717) is 11.3 Å². The monoisotopic (exact) mass is 356 g/mol. The van der Waals surface area contributed by atoms with Crippen molar-refractivity contribution in [2.75, 3.05) is 7.11 Å². The van der Waals surface area contributed by atoms with E-state index >= 15 is 0 Å². The molecule has 2 rings (SSSR count). The Morgan fingerprint density at radius 2 is 1.86 bits per heavy atom. The molecule has 0 aliphatic heterocycles. The number of hydrogen-bond acceptors (Lipinski definition) is 2. The predicted octanol–water partition coefficient (Wildman–Crippen LogP) is 4.32. The molecular formula is C16H15BrF2O2. The zero-order valence-electron chi connectivity index (χ0n) is 11.7. The number of aliphatic hydroxyl groups is 1. The molecule has 0 saturated carbocycles. The molecule has 1 N–H and O–H groups in total. The summed E-state index contributed by atoms with van der Waals surface area (Å²) in [5, 5.41) is 10.3. The average Bonchev–Trinajstić information content (AvgIpc) is 2.45.